The van der Waals surface area contributed by atoms with Gasteiger partial charge in [-0.05, 0) is 52.6 Å². The summed E-state index contributed by atoms with van der Waals surface area (Å²) in [5.41, 5.74) is 0. The van der Waals surface area contributed by atoms with E-state index in [1.807, 2.05) is 13.8 Å². The van der Waals surface area contributed by atoms with E-state index < -0.39 is 0 Å². The van der Waals surface area contributed by atoms with E-state index in [1.165, 1.54) is 25.7 Å². The van der Waals surface area contributed by atoms with Gasteiger partial charge in [-0.15, -0.1) is 0 Å². The monoisotopic (exact) mass is 239 g/mol. The van der Waals surface area contributed by atoms with Gasteiger partial charge in [0.25, 0.3) is 0 Å². The molecule has 0 saturated carbocycles. The SMILES string of the molecule is CC(C)NC(=O)CN1CCCC1C1CCCN1. The fourth-order valence-corrected chi connectivity index (χ4v) is 3.10. The molecule has 2 rings (SSSR count). The summed E-state index contributed by atoms with van der Waals surface area (Å²) in [7, 11) is 0. The van der Waals surface area contributed by atoms with E-state index in [0.29, 0.717) is 18.6 Å². The molecule has 4 nitrogen and oxygen atoms in total. The normalized spacial score (nSPS) is 30.1. The van der Waals surface area contributed by atoms with E-state index >= 15 is 0 Å². The first-order chi connectivity index (χ1) is 8.16. The van der Waals surface area contributed by atoms with Crippen LogP contribution in [0.1, 0.15) is 39.5 Å². The Morgan fingerprint density at radius 3 is 2.88 bits per heavy atom. The maximum absolute atomic E-state index is 11.8. The molecule has 0 radical (unpaired) electrons. The van der Waals surface area contributed by atoms with Crippen LogP contribution in [0.3, 0.4) is 0 Å². The summed E-state index contributed by atoms with van der Waals surface area (Å²) in [6.45, 7) is 6.82. The number of hydrogen-bond donors (Lipinski definition) is 2. The van der Waals surface area contributed by atoms with Crippen molar-refractivity contribution < 1.29 is 4.79 Å². The highest BCUT2D eigenvalue weighted by Crippen LogP contribution is 2.24. The second-order valence-corrected chi connectivity index (χ2v) is 5.61. The van der Waals surface area contributed by atoms with Gasteiger partial charge < -0.3 is 10.6 Å². The molecule has 2 aliphatic rings. The molecule has 0 bridgehead atoms. The molecule has 98 valence electrons. The van der Waals surface area contributed by atoms with Gasteiger partial charge in [0.15, 0.2) is 0 Å². The van der Waals surface area contributed by atoms with Gasteiger partial charge in [0, 0.05) is 18.1 Å². The van der Waals surface area contributed by atoms with Crippen molar-refractivity contribution in [1.82, 2.24) is 15.5 Å². The van der Waals surface area contributed by atoms with E-state index in [2.05, 4.69) is 15.5 Å². The standard InChI is InChI=1S/C13H25N3O/c1-10(2)15-13(17)9-16-8-4-6-12(16)11-5-3-7-14-11/h10-12,14H,3-9H2,1-2H3,(H,15,17). The molecular weight excluding hydrogens is 214 g/mol. The maximum Gasteiger partial charge on any atom is 0.234 e. The molecule has 0 aromatic heterocycles. The summed E-state index contributed by atoms with van der Waals surface area (Å²) < 4.78 is 0. The smallest absolute Gasteiger partial charge is 0.234 e. The minimum Gasteiger partial charge on any atom is -0.353 e. The third-order valence-corrected chi connectivity index (χ3v) is 3.77. The molecule has 1 amide bonds. The minimum atomic E-state index is 0.171. The molecule has 2 unspecified atom stereocenters. The average molecular weight is 239 g/mol. The van der Waals surface area contributed by atoms with Crippen LogP contribution in [0.25, 0.3) is 0 Å². The van der Waals surface area contributed by atoms with Crippen LogP contribution in [0.15, 0.2) is 0 Å². The lowest BCUT2D eigenvalue weighted by atomic mass is 10.0. The van der Waals surface area contributed by atoms with Gasteiger partial charge in [-0.3, -0.25) is 9.69 Å². The lowest BCUT2D eigenvalue weighted by Crippen LogP contribution is -2.48. The Morgan fingerprint density at radius 2 is 2.24 bits per heavy atom. The van der Waals surface area contributed by atoms with Crippen molar-refractivity contribution in [3.8, 4) is 0 Å². The molecule has 2 N–H and O–H groups in total. The second kappa shape index (κ2) is 5.83. The summed E-state index contributed by atoms with van der Waals surface area (Å²) in [6.07, 6.45) is 5.03. The summed E-state index contributed by atoms with van der Waals surface area (Å²) in [4.78, 5) is 14.2. The maximum atomic E-state index is 11.8. The van der Waals surface area contributed by atoms with Crippen molar-refractivity contribution in [1.29, 1.82) is 0 Å². The highest BCUT2D eigenvalue weighted by atomic mass is 16.2. The lowest BCUT2D eigenvalue weighted by molar-refractivity contribution is -0.123. The van der Waals surface area contributed by atoms with E-state index in [4.69, 9.17) is 0 Å². The highest BCUT2D eigenvalue weighted by molar-refractivity contribution is 5.78. The third kappa shape index (κ3) is 3.42. The molecule has 2 aliphatic heterocycles. The van der Waals surface area contributed by atoms with Crippen molar-refractivity contribution >= 4 is 5.91 Å². The average Bonchev–Trinajstić information content (AvgIpc) is 2.84. The number of hydrogen-bond acceptors (Lipinski definition) is 3. The van der Waals surface area contributed by atoms with E-state index in [0.717, 1.165) is 13.1 Å². The topological polar surface area (TPSA) is 44.4 Å². The Hall–Kier alpha value is -0.610. The van der Waals surface area contributed by atoms with Crippen LogP contribution >= 0.6 is 0 Å². The zero-order chi connectivity index (χ0) is 12.3. The summed E-state index contributed by atoms with van der Waals surface area (Å²) in [5, 5.41) is 6.55. The Bertz CT molecular complexity index is 261. The first-order valence-electron chi connectivity index (χ1n) is 6.93. The van der Waals surface area contributed by atoms with Gasteiger partial charge in [-0.2, -0.15) is 0 Å². The van der Waals surface area contributed by atoms with Gasteiger partial charge in [-0.1, -0.05) is 0 Å². The number of rotatable bonds is 4. The summed E-state index contributed by atoms with van der Waals surface area (Å²) in [6, 6.07) is 1.44. The van der Waals surface area contributed by atoms with Gasteiger partial charge in [-0.25, -0.2) is 0 Å². The molecule has 0 aliphatic carbocycles. The number of carbonyl (C=O) groups excluding carboxylic acids is 1. The number of amides is 1. The van der Waals surface area contributed by atoms with E-state index in [1.54, 1.807) is 0 Å². The first kappa shape index (κ1) is 12.8. The largest absolute Gasteiger partial charge is 0.353 e. The van der Waals surface area contributed by atoms with Crippen LogP contribution in [0.5, 0.6) is 0 Å². The van der Waals surface area contributed by atoms with Crippen molar-refractivity contribution in [2.75, 3.05) is 19.6 Å². The molecular formula is C13H25N3O. The molecule has 2 fully saturated rings. The predicted molar refractivity (Wildman–Crippen MR) is 68.9 cm³/mol. The molecule has 0 aromatic carbocycles. The number of carbonyl (C=O) groups is 1. The number of likely N-dealkylation sites (tertiary alicyclic amines) is 1. The van der Waals surface area contributed by atoms with Crippen LogP contribution in [-0.4, -0.2) is 48.6 Å². The van der Waals surface area contributed by atoms with Gasteiger partial charge in [0.05, 0.1) is 6.54 Å². The minimum absolute atomic E-state index is 0.171. The first-order valence-corrected chi connectivity index (χ1v) is 6.93. The van der Waals surface area contributed by atoms with Crippen LogP contribution in [0.4, 0.5) is 0 Å². The van der Waals surface area contributed by atoms with Crippen LogP contribution in [-0.2, 0) is 4.79 Å². The van der Waals surface area contributed by atoms with Gasteiger partial charge in [0.2, 0.25) is 5.91 Å². The Balaban J connectivity index is 1.84. The molecule has 2 atom stereocenters. The Morgan fingerprint density at radius 1 is 1.41 bits per heavy atom. The molecule has 4 heteroatoms. The Labute approximate surface area is 104 Å². The molecule has 2 saturated heterocycles. The van der Waals surface area contributed by atoms with Gasteiger partial charge >= 0.3 is 0 Å². The predicted octanol–water partition coefficient (Wildman–Crippen LogP) is 0.727. The highest BCUT2D eigenvalue weighted by Gasteiger charge is 2.33. The zero-order valence-electron chi connectivity index (χ0n) is 11.0. The third-order valence-electron chi connectivity index (χ3n) is 3.77. The lowest BCUT2D eigenvalue weighted by Gasteiger charge is -2.29. The molecule has 0 aromatic rings. The summed E-state index contributed by atoms with van der Waals surface area (Å²) in [5.74, 6) is 0.171. The molecule has 2 heterocycles. The fraction of sp³-hybridized carbons (Fsp3) is 0.923. The van der Waals surface area contributed by atoms with Crippen molar-refractivity contribution in [3.05, 3.63) is 0 Å². The number of nitrogens with one attached hydrogen (secondary N) is 2. The molecule has 0 spiro atoms. The quantitative estimate of drug-likeness (QED) is 0.760. The van der Waals surface area contributed by atoms with E-state index in [-0.39, 0.29) is 11.9 Å². The van der Waals surface area contributed by atoms with Crippen LogP contribution < -0.4 is 10.6 Å². The van der Waals surface area contributed by atoms with Gasteiger partial charge in [0.1, 0.15) is 0 Å². The summed E-state index contributed by atoms with van der Waals surface area (Å²) >= 11 is 0. The van der Waals surface area contributed by atoms with Crippen molar-refractivity contribution in [3.63, 3.8) is 0 Å². The van der Waals surface area contributed by atoms with Crippen molar-refractivity contribution in [2.45, 2.75) is 57.7 Å². The Kier molecular flexibility index (Phi) is 4.40. The van der Waals surface area contributed by atoms with Crippen LogP contribution in [0.2, 0.25) is 0 Å². The van der Waals surface area contributed by atoms with Crippen molar-refractivity contribution in [2.24, 2.45) is 0 Å². The second-order valence-electron chi connectivity index (χ2n) is 5.61. The number of nitrogens with zero attached hydrogens (tertiary/aromatic N) is 1. The fourth-order valence-electron chi connectivity index (χ4n) is 3.10. The van der Waals surface area contributed by atoms with E-state index in [9.17, 15) is 4.79 Å². The molecule has 17 heavy (non-hydrogen) atoms. The van der Waals surface area contributed by atoms with Crippen LogP contribution in [0, 0.1) is 0 Å². The zero-order valence-corrected chi connectivity index (χ0v) is 11.0.